The lowest BCUT2D eigenvalue weighted by atomic mass is 10.0. The Bertz CT molecular complexity index is 118. The number of halogens is 2. The standard InChI is InChI=1S/C9H19F2N/c1-5-8(7(2)3)12-6-9(4,10)11/h7-8,12H,5-6H2,1-4H3. The summed E-state index contributed by atoms with van der Waals surface area (Å²) < 4.78 is 24.8. The molecule has 0 radical (unpaired) electrons. The van der Waals surface area contributed by atoms with Crippen LogP contribution >= 0.6 is 0 Å². The van der Waals surface area contributed by atoms with Gasteiger partial charge in [-0.3, -0.25) is 0 Å². The molecule has 74 valence electrons. The van der Waals surface area contributed by atoms with Gasteiger partial charge in [-0.15, -0.1) is 0 Å². The van der Waals surface area contributed by atoms with Gasteiger partial charge in [0.15, 0.2) is 0 Å². The number of alkyl halides is 2. The molecule has 0 aromatic carbocycles. The second-order valence-corrected chi connectivity index (χ2v) is 3.71. The monoisotopic (exact) mass is 179 g/mol. The topological polar surface area (TPSA) is 12.0 Å². The fourth-order valence-electron chi connectivity index (χ4n) is 1.16. The minimum Gasteiger partial charge on any atom is -0.308 e. The van der Waals surface area contributed by atoms with Crippen LogP contribution in [0.3, 0.4) is 0 Å². The van der Waals surface area contributed by atoms with Crippen LogP contribution in [0.25, 0.3) is 0 Å². The van der Waals surface area contributed by atoms with Crippen molar-refractivity contribution in [1.82, 2.24) is 5.32 Å². The summed E-state index contributed by atoms with van der Waals surface area (Å²) in [5, 5.41) is 2.86. The molecule has 0 saturated heterocycles. The summed E-state index contributed by atoms with van der Waals surface area (Å²) in [6.45, 7) is 6.80. The van der Waals surface area contributed by atoms with Crippen molar-refractivity contribution in [3.05, 3.63) is 0 Å². The van der Waals surface area contributed by atoms with Crippen molar-refractivity contribution in [1.29, 1.82) is 0 Å². The molecule has 0 fully saturated rings. The average Bonchev–Trinajstić information content (AvgIpc) is 1.85. The van der Waals surface area contributed by atoms with Gasteiger partial charge in [-0.25, -0.2) is 8.78 Å². The van der Waals surface area contributed by atoms with Crippen molar-refractivity contribution in [3.8, 4) is 0 Å². The van der Waals surface area contributed by atoms with Crippen LogP contribution in [0.1, 0.15) is 34.1 Å². The van der Waals surface area contributed by atoms with Crippen LogP contribution in [0.15, 0.2) is 0 Å². The maximum atomic E-state index is 12.4. The highest BCUT2D eigenvalue weighted by atomic mass is 19.3. The second-order valence-electron chi connectivity index (χ2n) is 3.71. The minimum absolute atomic E-state index is 0.204. The average molecular weight is 179 g/mol. The van der Waals surface area contributed by atoms with E-state index in [1.54, 1.807) is 0 Å². The minimum atomic E-state index is -2.59. The molecule has 0 aliphatic rings. The van der Waals surface area contributed by atoms with Gasteiger partial charge in [0.05, 0.1) is 6.54 Å². The summed E-state index contributed by atoms with van der Waals surface area (Å²) in [6.07, 6.45) is 0.897. The molecule has 0 bridgehead atoms. The molecule has 1 nitrogen and oxygen atoms in total. The molecule has 0 rings (SSSR count). The molecule has 1 atom stereocenters. The lowest BCUT2D eigenvalue weighted by Crippen LogP contribution is -2.40. The third kappa shape index (κ3) is 5.47. The second kappa shape index (κ2) is 4.75. The molecule has 0 aliphatic carbocycles. The van der Waals surface area contributed by atoms with Crippen molar-refractivity contribution in [2.75, 3.05) is 6.54 Å². The van der Waals surface area contributed by atoms with E-state index < -0.39 is 5.92 Å². The van der Waals surface area contributed by atoms with Gasteiger partial charge in [0.25, 0.3) is 5.92 Å². The Labute approximate surface area is 73.5 Å². The first-order chi connectivity index (χ1) is 5.37. The van der Waals surface area contributed by atoms with Crippen LogP contribution in [0, 0.1) is 5.92 Å². The predicted molar refractivity (Wildman–Crippen MR) is 47.5 cm³/mol. The number of rotatable bonds is 5. The Morgan fingerprint density at radius 3 is 2.08 bits per heavy atom. The van der Waals surface area contributed by atoms with Gasteiger partial charge in [-0.2, -0.15) is 0 Å². The molecule has 0 aromatic heterocycles. The molecule has 1 unspecified atom stereocenters. The first kappa shape index (κ1) is 11.8. The third-order valence-electron chi connectivity index (χ3n) is 1.92. The summed E-state index contributed by atoms with van der Waals surface area (Å²) in [5.41, 5.74) is 0. The summed E-state index contributed by atoms with van der Waals surface area (Å²) in [4.78, 5) is 0. The van der Waals surface area contributed by atoms with Crippen LogP contribution in [0.4, 0.5) is 8.78 Å². The van der Waals surface area contributed by atoms with Gasteiger partial charge in [0.2, 0.25) is 0 Å². The molecule has 0 amide bonds. The lowest BCUT2D eigenvalue weighted by molar-refractivity contribution is 0.0182. The van der Waals surface area contributed by atoms with Crippen molar-refractivity contribution in [2.45, 2.75) is 46.1 Å². The Kier molecular flexibility index (Phi) is 4.68. The van der Waals surface area contributed by atoms with E-state index in [-0.39, 0.29) is 12.6 Å². The predicted octanol–water partition coefficient (Wildman–Crippen LogP) is 2.67. The highest BCUT2D eigenvalue weighted by Gasteiger charge is 2.22. The van der Waals surface area contributed by atoms with Crippen LogP contribution in [0.5, 0.6) is 0 Å². The van der Waals surface area contributed by atoms with Gasteiger partial charge in [0, 0.05) is 13.0 Å². The fourth-order valence-corrected chi connectivity index (χ4v) is 1.16. The third-order valence-corrected chi connectivity index (χ3v) is 1.92. The van der Waals surface area contributed by atoms with Gasteiger partial charge in [-0.1, -0.05) is 20.8 Å². The molecule has 0 aliphatic heterocycles. The van der Waals surface area contributed by atoms with Crippen molar-refractivity contribution in [3.63, 3.8) is 0 Å². The van der Waals surface area contributed by atoms with E-state index in [0.29, 0.717) is 5.92 Å². The summed E-state index contributed by atoms with van der Waals surface area (Å²) in [5.74, 6) is -2.18. The highest BCUT2D eigenvalue weighted by molar-refractivity contribution is 4.72. The molecule has 0 aromatic rings. The molecule has 12 heavy (non-hydrogen) atoms. The Balaban J connectivity index is 3.73. The maximum Gasteiger partial charge on any atom is 0.257 e. The first-order valence-corrected chi connectivity index (χ1v) is 4.48. The Hall–Kier alpha value is -0.180. The molecular weight excluding hydrogens is 160 g/mol. The van der Waals surface area contributed by atoms with E-state index in [1.165, 1.54) is 0 Å². The Morgan fingerprint density at radius 1 is 1.33 bits per heavy atom. The molecular formula is C9H19F2N. The van der Waals surface area contributed by atoms with E-state index in [4.69, 9.17) is 0 Å². The largest absolute Gasteiger partial charge is 0.308 e. The number of hydrogen-bond acceptors (Lipinski definition) is 1. The summed E-state index contributed by atoms with van der Waals surface area (Å²) in [6, 6.07) is 0.204. The van der Waals surface area contributed by atoms with Crippen LogP contribution in [-0.2, 0) is 0 Å². The summed E-state index contributed by atoms with van der Waals surface area (Å²) in [7, 11) is 0. The van der Waals surface area contributed by atoms with Crippen LogP contribution in [-0.4, -0.2) is 18.5 Å². The van der Waals surface area contributed by atoms with Crippen LogP contribution < -0.4 is 5.32 Å². The molecule has 0 spiro atoms. The molecule has 3 heteroatoms. The normalized spacial score (nSPS) is 15.2. The van der Waals surface area contributed by atoms with E-state index in [0.717, 1.165) is 13.3 Å². The van der Waals surface area contributed by atoms with Crippen molar-refractivity contribution >= 4 is 0 Å². The van der Waals surface area contributed by atoms with E-state index in [9.17, 15) is 8.78 Å². The quantitative estimate of drug-likeness (QED) is 0.684. The Morgan fingerprint density at radius 2 is 1.83 bits per heavy atom. The van der Waals surface area contributed by atoms with E-state index in [2.05, 4.69) is 5.32 Å². The van der Waals surface area contributed by atoms with Gasteiger partial charge >= 0.3 is 0 Å². The first-order valence-electron chi connectivity index (χ1n) is 4.48. The SMILES string of the molecule is CCC(NCC(C)(F)F)C(C)C. The van der Waals surface area contributed by atoms with Gasteiger partial charge < -0.3 is 5.32 Å². The molecule has 0 saturated carbocycles. The lowest BCUT2D eigenvalue weighted by Gasteiger charge is -2.22. The van der Waals surface area contributed by atoms with E-state index in [1.807, 2.05) is 20.8 Å². The van der Waals surface area contributed by atoms with Crippen molar-refractivity contribution < 1.29 is 8.78 Å². The van der Waals surface area contributed by atoms with E-state index >= 15 is 0 Å². The maximum absolute atomic E-state index is 12.4. The smallest absolute Gasteiger partial charge is 0.257 e. The fraction of sp³-hybridized carbons (Fsp3) is 1.00. The van der Waals surface area contributed by atoms with Gasteiger partial charge in [0.1, 0.15) is 0 Å². The molecule has 1 N–H and O–H groups in total. The zero-order chi connectivity index (χ0) is 9.78. The number of nitrogens with one attached hydrogen (secondary N) is 1. The zero-order valence-electron chi connectivity index (χ0n) is 8.32. The van der Waals surface area contributed by atoms with Crippen LogP contribution in [0.2, 0.25) is 0 Å². The zero-order valence-corrected chi connectivity index (χ0v) is 8.32. The highest BCUT2D eigenvalue weighted by Crippen LogP contribution is 2.12. The molecule has 0 heterocycles. The number of hydrogen-bond donors (Lipinski definition) is 1. The summed E-state index contributed by atoms with van der Waals surface area (Å²) >= 11 is 0. The van der Waals surface area contributed by atoms with Gasteiger partial charge in [-0.05, 0) is 12.3 Å². The van der Waals surface area contributed by atoms with Crippen molar-refractivity contribution in [2.24, 2.45) is 5.92 Å².